The average molecular weight is 178 g/mol. The molecule has 0 bridgehead atoms. The Kier molecular flexibility index (Phi) is 3.49. The Labute approximate surface area is 80.4 Å². The fourth-order valence-corrected chi connectivity index (χ4v) is 1.82. The molecule has 1 atom stereocenters. The second-order valence-corrected chi connectivity index (χ2v) is 3.20. The molecule has 1 unspecified atom stereocenters. The number of benzene rings is 1. The number of aryl methyl sites for hydroxylation is 1. The largest absolute Gasteiger partial charge is 0.388 e. The molecule has 0 spiro atoms. The molecule has 0 fully saturated rings. The first-order chi connectivity index (χ1) is 6.29. The molecule has 1 heteroatoms. The molecule has 1 nitrogen and oxygen atoms in total. The first-order valence-corrected chi connectivity index (χ1v) is 5.05. The maximum atomic E-state index is 9.51. The third kappa shape index (κ3) is 1.92. The number of aliphatic hydroxyl groups excluding tert-OH is 1. The van der Waals surface area contributed by atoms with Gasteiger partial charge in [0.15, 0.2) is 0 Å². The van der Waals surface area contributed by atoms with Crippen molar-refractivity contribution in [3.8, 4) is 0 Å². The van der Waals surface area contributed by atoms with E-state index in [0.29, 0.717) is 0 Å². The Bertz CT molecular complexity index is 278. The number of fused-ring (bicyclic) bond motifs is 1. The van der Waals surface area contributed by atoms with E-state index in [4.69, 9.17) is 0 Å². The van der Waals surface area contributed by atoms with Gasteiger partial charge in [0.1, 0.15) is 0 Å². The first-order valence-electron chi connectivity index (χ1n) is 5.05. The average Bonchev–Trinajstić information content (AvgIpc) is 2.53. The van der Waals surface area contributed by atoms with Crippen LogP contribution in [0.1, 0.15) is 43.1 Å². The van der Waals surface area contributed by atoms with Gasteiger partial charge in [-0.15, -0.1) is 0 Å². The zero-order chi connectivity index (χ0) is 9.84. The van der Waals surface area contributed by atoms with Crippen LogP contribution in [0.25, 0.3) is 0 Å². The van der Waals surface area contributed by atoms with Crippen molar-refractivity contribution in [1.29, 1.82) is 0 Å². The molecule has 13 heavy (non-hydrogen) atoms. The molecule has 0 heterocycles. The number of hydrogen-bond donors (Lipinski definition) is 1. The van der Waals surface area contributed by atoms with Gasteiger partial charge in [-0.2, -0.15) is 0 Å². The normalized spacial score (nSPS) is 18.9. The van der Waals surface area contributed by atoms with Crippen molar-refractivity contribution in [2.75, 3.05) is 0 Å². The predicted molar refractivity (Wildman–Crippen MR) is 55.8 cm³/mol. The van der Waals surface area contributed by atoms with Crippen molar-refractivity contribution in [3.63, 3.8) is 0 Å². The van der Waals surface area contributed by atoms with Crippen LogP contribution in [-0.2, 0) is 6.42 Å². The fourth-order valence-electron chi connectivity index (χ4n) is 1.82. The molecule has 0 aliphatic heterocycles. The second kappa shape index (κ2) is 4.43. The van der Waals surface area contributed by atoms with Crippen molar-refractivity contribution in [2.24, 2.45) is 0 Å². The monoisotopic (exact) mass is 178 g/mol. The molecular formula is C12H18O. The van der Waals surface area contributed by atoms with Crippen molar-refractivity contribution >= 4 is 0 Å². The van der Waals surface area contributed by atoms with Crippen LogP contribution in [0.5, 0.6) is 0 Å². The number of hydrogen-bond acceptors (Lipinski definition) is 1. The summed E-state index contributed by atoms with van der Waals surface area (Å²) in [4.78, 5) is 0. The van der Waals surface area contributed by atoms with E-state index < -0.39 is 0 Å². The van der Waals surface area contributed by atoms with Crippen LogP contribution in [0.2, 0.25) is 0 Å². The topological polar surface area (TPSA) is 20.2 Å². The first kappa shape index (κ1) is 10.3. The molecule has 1 aliphatic carbocycles. The minimum absolute atomic E-state index is 0.204. The van der Waals surface area contributed by atoms with Gasteiger partial charge in [-0.05, 0) is 36.5 Å². The van der Waals surface area contributed by atoms with Gasteiger partial charge in [-0.25, -0.2) is 0 Å². The number of aliphatic hydroxyl groups is 1. The van der Waals surface area contributed by atoms with Gasteiger partial charge in [-0.3, -0.25) is 0 Å². The van der Waals surface area contributed by atoms with E-state index in [1.54, 1.807) is 0 Å². The molecule has 2 rings (SSSR count). The molecule has 0 saturated carbocycles. The highest BCUT2D eigenvalue weighted by molar-refractivity contribution is 5.39. The summed E-state index contributed by atoms with van der Waals surface area (Å²) >= 11 is 0. The molecule has 0 radical (unpaired) electrons. The van der Waals surface area contributed by atoms with Gasteiger partial charge in [0.05, 0.1) is 6.10 Å². The molecule has 1 aromatic rings. The van der Waals surface area contributed by atoms with Gasteiger partial charge >= 0.3 is 0 Å². The van der Waals surface area contributed by atoms with Crippen LogP contribution in [0, 0.1) is 6.92 Å². The smallest absolute Gasteiger partial charge is 0.0796 e. The second-order valence-electron chi connectivity index (χ2n) is 3.20. The standard InChI is InChI=1S/C10H12O.C2H6/c1-7-3-2-4-9-8(7)5-6-10(9)11;1-2/h2-4,10-11H,5-6H2,1H3;1-2H3. The zero-order valence-electron chi connectivity index (χ0n) is 8.67. The van der Waals surface area contributed by atoms with Crippen molar-refractivity contribution in [1.82, 2.24) is 0 Å². The van der Waals surface area contributed by atoms with E-state index in [-0.39, 0.29) is 6.10 Å². The molecule has 0 saturated heterocycles. The molecule has 72 valence electrons. The lowest BCUT2D eigenvalue weighted by Gasteiger charge is -2.04. The third-order valence-electron chi connectivity index (χ3n) is 2.47. The van der Waals surface area contributed by atoms with Crippen molar-refractivity contribution < 1.29 is 5.11 Å². The molecule has 1 aliphatic rings. The summed E-state index contributed by atoms with van der Waals surface area (Å²) in [6, 6.07) is 6.15. The molecular weight excluding hydrogens is 160 g/mol. The lowest BCUT2D eigenvalue weighted by atomic mass is 10.0. The van der Waals surface area contributed by atoms with E-state index in [1.807, 2.05) is 26.0 Å². The highest BCUT2D eigenvalue weighted by Crippen LogP contribution is 2.32. The van der Waals surface area contributed by atoms with Crippen LogP contribution in [0.15, 0.2) is 18.2 Å². The quantitative estimate of drug-likeness (QED) is 0.647. The van der Waals surface area contributed by atoms with Crippen LogP contribution in [-0.4, -0.2) is 5.11 Å². The van der Waals surface area contributed by atoms with Gasteiger partial charge in [0.2, 0.25) is 0 Å². The lowest BCUT2D eigenvalue weighted by Crippen LogP contribution is -1.90. The Morgan fingerprint density at radius 2 is 2.00 bits per heavy atom. The van der Waals surface area contributed by atoms with E-state index in [9.17, 15) is 5.11 Å². The Balaban J connectivity index is 0.000000396. The van der Waals surface area contributed by atoms with Crippen LogP contribution < -0.4 is 0 Å². The summed E-state index contributed by atoms with van der Waals surface area (Å²) in [5.74, 6) is 0. The summed E-state index contributed by atoms with van der Waals surface area (Å²) in [6.45, 7) is 6.11. The summed E-state index contributed by atoms with van der Waals surface area (Å²) in [5.41, 5.74) is 3.82. The minimum atomic E-state index is -0.204. The van der Waals surface area contributed by atoms with Crippen molar-refractivity contribution in [2.45, 2.75) is 39.7 Å². The van der Waals surface area contributed by atoms with Crippen LogP contribution in [0.4, 0.5) is 0 Å². The Morgan fingerprint density at radius 3 is 2.62 bits per heavy atom. The summed E-state index contributed by atoms with van der Waals surface area (Å²) in [5, 5.41) is 9.51. The maximum absolute atomic E-state index is 9.51. The van der Waals surface area contributed by atoms with E-state index in [0.717, 1.165) is 18.4 Å². The molecule has 1 aromatic carbocycles. The SMILES string of the molecule is CC.Cc1cccc2c1CCC2O. The maximum Gasteiger partial charge on any atom is 0.0796 e. The molecule has 0 amide bonds. The highest BCUT2D eigenvalue weighted by atomic mass is 16.3. The van der Waals surface area contributed by atoms with Crippen LogP contribution in [0.3, 0.4) is 0 Å². The third-order valence-corrected chi connectivity index (χ3v) is 2.47. The van der Waals surface area contributed by atoms with E-state index in [2.05, 4.69) is 13.0 Å². The van der Waals surface area contributed by atoms with E-state index >= 15 is 0 Å². The van der Waals surface area contributed by atoms with Crippen LogP contribution >= 0.6 is 0 Å². The molecule has 1 N–H and O–H groups in total. The van der Waals surface area contributed by atoms with E-state index in [1.165, 1.54) is 11.1 Å². The Hall–Kier alpha value is -0.820. The Morgan fingerprint density at radius 1 is 1.31 bits per heavy atom. The number of rotatable bonds is 0. The van der Waals surface area contributed by atoms with Gasteiger partial charge in [0.25, 0.3) is 0 Å². The van der Waals surface area contributed by atoms with Crippen molar-refractivity contribution in [3.05, 3.63) is 34.9 Å². The molecule has 0 aromatic heterocycles. The van der Waals surface area contributed by atoms with Gasteiger partial charge in [0, 0.05) is 0 Å². The summed E-state index contributed by atoms with van der Waals surface area (Å²) in [6.07, 6.45) is 1.74. The summed E-state index contributed by atoms with van der Waals surface area (Å²) in [7, 11) is 0. The van der Waals surface area contributed by atoms with Gasteiger partial charge in [-0.1, -0.05) is 32.0 Å². The highest BCUT2D eigenvalue weighted by Gasteiger charge is 2.20. The van der Waals surface area contributed by atoms with Gasteiger partial charge < -0.3 is 5.11 Å². The lowest BCUT2D eigenvalue weighted by molar-refractivity contribution is 0.180. The summed E-state index contributed by atoms with van der Waals surface area (Å²) < 4.78 is 0. The predicted octanol–water partition coefficient (Wildman–Crippen LogP) is 3.00. The fraction of sp³-hybridized carbons (Fsp3) is 0.500. The zero-order valence-corrected chi connectivity index (χ0v) is 8.67. The minimum Gasteiger partial charge on any atom is -0.388 e.